The molecule has 4 rings (SSSR count). The van der Waals surface area contributed by atoms with E-state index in [0.717, 1.165) is 16.7 Å². The molecule has 234 valence electrons. The maximum absolute atomic E-state index is 14.0. The van der Waals surface area contributed by atoms with Gasteiger partial charge in [0.15, 0.2) is 6.10 Å². The van der Waals surface area contributed by atoms with Crippen molar-refractivity contribution < 1.29 is 29.3 Å². The molecule has 3 atom stereocenters. The Kier molecular flexibility index (Phi) is 10.6. The number of hydrogen-bond acceptors (Lipinski definition) is 7. The molecule has 3 aromatic rings. The Morgan fingerprint density at radius 1 is 1.05 bits per heavy atom. The number of carbonyl (C=O) groups excluding carboxylic acids is 3. The molecule has 3 aromatic carbocycles. The van der Waals surface area contributed by atoms with Gasteiger partial charge in [-0.2, -0.15) is 0 Å². The number of nitrogens with zero attached hydrogens (tertiary/aromatic N) is 1. The van der Waals surface area contributed by atoms with Gasteiger partial charge in [0.25, 0.3) is 11.8 Å². The lowest BCUT2D eigenvalue weighted by Gasteiger charge is -2.33. The lowest BCUT2D eigenvalue weighted by molar-refractivity contribution is -0.147. The van der Waals surface area contributed by atoms with Gasteiger partial charge in [-0.3, -0.25) is 14.4 Å². The third-order valence-electron chi connectivity index (χ3n) is 7.98. The summed E-state index contributed by atoms with van der Waals surface area (Å²) in [6, 6.07) is 17.7. The van der Waals surface area contributed by atoms with Crippen LogP contribution in [-0.4, -0.2) is 68.3 Å². The normalized spacial score (nSPS) is 17.0. The van der Waals surface area contributed by atoms with Gasteiger partial charge in [-0.1, -0.05) is 42.5 Å². The van der Waals surface area contributed by atoms with E-state index in [1.807, 2.05) is 64.1 Å². The SMILES string of the molecule is CCOc1ccc(C[C@H](NC(=O)c2cccc(O)c2C)[C@H](O)C(=O)N2CSC(C)(C)[C@H]2C(=O)NCc2ccccc2C)cc1. The standard InChI is InChI=1S/C34H41N3O6S/c1-6-43-25-16-14-23(15-17-25)18-27(36-31(40)26-12-9-13-28(38)22(26)3)29(39)33(42)37-20-44-34(4,5)30(37)32(41)35-19-24-11-8-7-10-21(24)2/h7-17,27,29-30,38-39H,6,18-20H2,1-5H3,(H,35,41)(H,36,40)/t27-,29-,30+/m0/s1. The van der Waals surface area contributed by atoms with Crippen molar-refractivity contribution in [1.29, 1.82) is 0 Å². The highest BCUT2D eigenvalue weighted by molar-refractivity contribution is 8.00. The van der Waals surface area contributed by atoms with Crippen molar-refractivity contribution in [2.24, 2.45) is 0 Å². The highest BCUT2D eigenvalue weighted by atomic mass is 32.2. The maximum atomic E-state index is 14.0. The molecule has 9 nitrogen and oxygen atoms in total. The molecule has 0 aliphatic carbocycles. The molecule has 3 amide bonds. The summed E-state index contributed by atoms with van der Waals surface area (Å²) in [5.74, 6) is -0.646. The monoisotopic (exact) mass is 619 g/mol. The molecule has 1 fully saturated rings. The van der Waals surface area contributed by atoms with Crippen molar-refractivity contribution in [1.82, 2.24) is 15.5 Å². The fourth-order valence-electron chi connectivity index (χ4n) is 5.34. The van der Waals surface area contributed by atoms with Gasteiger partial charge in [-0.25, -0.2) is 0 Å². The second-order valence-corrected chi connectivity index (χ2v) is 13.1. The summed E-state index contributed by atoms with van der Waals surface area (Å²) >= 11 is 1.45. The number of aryl methyl sites for hydroxylation is 1. The number of hydrogen-bond donors (Lipinski definition) is 4. The third kappa shape index (κ3) is 7.54. The van der Waals surface area contributed by atoms with E-state index in [2.05, 4.69) is 10.6 Å². The van der Waals surface area contributed by atoms with E-state index in [1.165, 1.54) is 22.7 Å². The summed E-state index contributed by atoms with van der Waals surface area (Å²) in [4.78, 5) is 42.3. The fourth-order valence-corrected chi connectivity index (χ4v) is 6.48. The van der Waals surface area contributed by atoms with Gasteiger partial charge in [0.05, 0.1) is 18.5 Å². The van der Waals surface area contributed by atoms with E-state index < -0.39 is 34.7 Å². The first kappa shape index (κ1) is 32.9. The van der Waals surface area contributed by atoms with E-state index >= 15 is 0 Å². The average Bonchev–Trinajstić information content (AvgIpc) is 3.32. The predicted molar refractivity (Wildman–Crippen MR) is 172 cm³/mol. The number of phenols is 1. The fraction of sp³-hybridized carbons (Fsp3) is 0.382. The number of amides is 3. The second-order valence-electron chi connectivity index (χ2n) is 11.5. The van der Waals surface area contributed by atoms with E-state index in [4.69, 9.17) is 4.74 Å². The van der Waals surface area contributed by atoms with Crippen molar-refractivity contribution in [3.05, 3.63) is 94.5 Å². The van der Waals surface area contributed by atoms with Crippen LogP contribution in [0.5, 0.6) is 11.5 Å². The number of ether oxygens (including phenoxy) is 1. The second kappa shape index (κ2) is 14.2. The Hall–Kier alpha value is -4.02. The van der Waals surface area contributed by atoms with Gasteiger partial charge in [-0.05, 0) is 82.0 Å². The lowest BCUT2D eigenvalue weighted by Crippen LogP contribution is -2.58. The maximum Gasteiger partial charge on any atom is 0.254 e. The van der Waals surface area contributed by atoms with Crippen molar-refractivity contribution >= 4 is 29.5 Å². The van der Waals surface area contributed by atoms with Gasteiger partial charge in [0.2, 0.25) is 5.91 Å². The Labute approximate surface area is 263 Å². The number of nitrogens with one attached hydrogen (secondary N) is 2. The zero-order valence-electron chi connectivity index (χ0n) is 25.8. The molecular weight excluding hydrogens is 578 g/mol. The van der Waals surface area contributed by atoms with Crippen LogP contribution < -0.4 is 15.4 Å². The van der Waals surface area contributed by atoms with E-state index in [9.17, 15) is 24.6 Å². The van der Waals surface area contributed by atoms with Crippen molar-refractivity contribution in [2.45, 2.75) is 70.5 Å². The molecule has 0 saturated carbocycles. The molecule has 10 heteroatoms. The molecule has 1 aliphatic rings. The number of phenolic OH excluding ortho intramolecular Hbond substituents is 1. The van der Waals surface area contributed by atoms with Gasteiger partial charge >= 0.3 is 0 Å². The molecule has 1 saturated heterocycles. The molecule has 44 heavy (non-hydrogen) atoms. The Morgan fingerprint density at radius 2 is 1.75 bits per heavy atom. The van der Waals surface area contributed by atoms with Crippen molar-refractivity contribution in [3.63, 3.8) is 0 Å². The number of benzene rings is 3. The van der Waals surface area contributed by atoms with Crippen LogP contribution in [0.25, 0.3) is 0 Å². The summed E-state index contributed by atoms with van der Waals surface area (Å²) in [5, 5.41) is 27.5. The first-order valence-corrected chi connectivity index (χ1v) is 15.7. The molecule has 1 heterocycles. The minimum Gasteiger partial charge on any atom is -0.508 e. The van der Waals surface area contributed by atoms with Crippen LogP contribution in [0.15, 0.2) is 66.7 Å². The van der Waals surface area contributed by atoms with E-state index in [0.29, 0.717) is 24.5 Å². The van der Waals surface area contributed by atoms with Crippen LogP contribution in [0.4, 0.5) is 0 Å². The summed E-state index contributed by atoms with van der Waals surface area (Å²) in [6.07, 6.45) is -1.51. The smallest absolute Gasteiger partial charge is 0.254 e. The molecule has 0 bridgehead atoms. The number of rotatable bonds is 11. The van der Waals surface area contributed by atoms with Gasteiger partial charge < -0.3 is 30.5 Å². The number of thioether (sulfide) groups is 1. The van der Waals surface area contributed by atoms with Crippen molar-refractivity contribution in [3.8, 4) is 11.5 Å². The number of aromatic hydroxyl groups is 1. The van der Waals surface area contributed by atoms with Crippen molar-refractivity contribution in [2.75, 3.05) is 12.5 Å². The van der Waals surface area contributed by atoms with Gasteiger partial charge in [-0.15, -0.1) is 11.8 Å². The van der Waals surface area contributed by atoms with Crippen LogP contribution in [0.2, 0.25) is 0 Å². The van der Waals surface area contributed by atoms with Gasteiger partial charge in [0.1, 0.15) is 17.5 Å². The summed E-state index contributed by atoms with van der Waals surface area (Å²) < 4.78 is 4.92. The average molecular weight is 620 g/mol. The molecule has 0 radical (unpaired) electrons. The van der Waals surface area contributed by atoms with Crippen LogP contribution in [0, 0.1) is 13.8 Å². The Balaban J connectivity index is 1.57. The molecule has 4 N–H and O–H groups in total. The highest BCUT2D eigenvalue weighted by Crippen LogP contribution is 2.40. The summed E-state index contributed by atoms with van der Waals surface area (Å²) in [5.41, 5.74) is 3.40. The molecule has 0 spiro atoms. The minimum absolute atomic E-state index is 0.0341. The quantitative estimate of drug-likeness (QED) is 0.254. The first-order valence-electron chi connectivity index (χ1n) is 14.7. The van der Waals surface area contributed by atoms with Crippen LogP contribution in [0.1, 0.15) is 53.4 Å². The topological polar surface area (TPSA) is 128 Å². The minimum atomic E-state index is -1.65. The Morgan fingerprint density at radius 3 is 2.43 bits per heavy atom. The Bertz CT molecular complexity index is 1490. The molecule has 0 unspecified atom stereocenters. The van der Waals surface area contributed by atoms with Crippen LogP contribution >= 0.6 is 11.8 Å². The zero-order chi connectivity index (χ0) is 32.0. The first-order chi connectivity index (χ1) is 20.9. The number of aliphatic hydroxyl groups excluding tert-OH is 1. The summed E-state index contributed by atoms with van der Waals surface area (Å²) in [6.45, 7) is 10.1. The van der Waals surface area contributed by atoms with Gasteiger partial charge in [0, 0.05) is 22.4 Å². The van der Waals surface area contributed by atoms with E-state index in [1.54, 1.807) is 31.2 Å². The molecule has 0 aromatic heterocycles. The lowest BCUT2D eigenvalue weighted by atomic mass is 9.96. The largest absolute Gasteiger partial charge is 0.508 e. The van der Waals surface area contributed by atoms with E-state index in [-0.39, 0.29) is 29.5 Å². The molecular formula is C34H41N3O6S. The molecule has 1 aliphatic heterocycles. The predicted octanol–water partition coefficient (Wildman–Crippen LogP) is 4.11. The van der Waals surface area contributed by atoms with Crippen LogP contribution in [0.3, 0.4) is 0 Å². The summed E-state index contributed by atoms with van der Waals surface area (Å²) in [7, 11) is 0. The zero-order valence-corrected chi connectivity index (χ0v) is 26.6. The number of carbonyl (C=O) groups is 3. The number of aliphatic hydroxyl groups is 1. The highest BCUT2D eigenvalue weighted by Gasteiger charge is 2.49. The third-order valence-corrected chi connectivity index (χ3v) is 9.36. The van der Waals surface area contributed by atoms with Crippen LogP contribution in [-0.2, 0) is 22.6 Å².